The van der Waals surface area contributed by atoms with Gasteiger partial charge in [-0.15, -0.1) is 0 Å². The van der Waals surface area contributed by atoms with Crippen LogP contribution in [0, 0.1) is 0 Å². The lowest BCUT2D eigenvalue weighted by Crippen LogP contribution is -2.43. The Balaban J connectivity index is 0.863. The molecule has 1 unspecified atom stereocenters. The van der Waals surface area contributed by atoms with Crippen LogP contribution in [0.15, 0.2) is 122 Å². The van der Waals surface area contributed by atoms with Gasteiger partial charge >= 0.3 is 0 Å². The molecule has 2 aliphatic heterocycles. The highest BCUT2D eigenvalue weighted by atomic mass is 16.5. The molecular weight excluding hydrogens is 689 g/mol. The number of ether oxygens (including phenoxy) is 1. The van der Waals surface area contributed by atoms with Crippen molar-refractivity contribution in [1.82, 2.24) is 19.8 Å². The van der Waals surface area contributed by atoms with E-state index in [9.17, 15) is 14.4 Å². The molecular formula is C45H42N6O4. The normalized spacial score (nSPS) is 17.9. The fraction of sp³-hybridized carbons (Fsp3) is 0.222. The number of nitrogens with zero attached hydrogens (tertiary/aromatic N) is 4. The molecule has 55 heavy (non-hydrogen) atoms. The summed E-state index contributed by atoms with van der Waals surface area (Å²) in [4.78, 5) is 53.3. The lowest BCUT2D eigenvalue weighted by molar-refractivity contribution is -0.126. The molecule has 3 atom stereocenters. The standard InChI is InChI=1S/C45H42N6O4/c1-55-45(41-37-11-5-3-9-33(37)25-27-47-41)51-29-7-13-39(51)43(53)49-35-22-18-31(19-23-35)15-14-30-16-20-34(21-17-30)48-42(52)38-12-6-28-50(38)44(54)40-36-10-4-2-8-32(36)24-26-46-40/h2-5,8-11,14-27,38-39,45H,6-7,12-13,28-29H2,1H3,(H,48,52)(H,49,53)/b15-14+/t38-,39-,45?/m0/s1. The number of hydrogen-bond donors (Lipinski definition) is 2. The van der Waals surface area contributed by atoms with Crippen molar-refractivity contribution in [2.24, 2.45) is 0 Å². The van der Waals surface area contributed by atoms with Gasteiger partial charge in [-0.05, 0) is 84.0 Å². The second kappa shape index (κ2) is 16.0. The van der Waals surface area contributed by atoms with Crippen LogP contribution in [0.25, 0.3) is 33.7 Å². The number of methoxy groups -OCH3 is 1. The quantitative estimate of drug-likeness (QED) is 0.138. The monoisotopic (exact) mass is 730 g/mol. The van der Waals surface area contributed by atoms with Crippen molar-refractivity contribution < 1.29 is 19.1 Å². The summed E-state index contributed by atoms with van der Waals surface area (Å²) < 4.78 is 5.96. The molecule has 276 valence electrons. The summed E-state index contributed by atoms with van der Waals surface area (Å²) in [6.07, 6.45) is 9.98. The Morgan fingerprint density at radius 2 is 1.22 bits per heavy atom. The van der Waals surface area contributed by atoms with Crippen LogP contribution in [0.2, 0.25) is 0 Å². The van der Waals surface area contributed by atoms with Gasteiger partial charge in [0.05, 0.1) is 11.7 Å². The summed E-state index contributed by atoms with van der Waals surface area (Å²) in [5, 5.41) is 9.94. The van der Waals surface area contributed by atoms with E-state index in [1.54, 1.807) is 24.4 Å². The predicted octanol–water partition coefficient (Wildman–Crippen LogP) is 7.94. The highest BCUT2D eigenvalue weighted by molar-refractivity contribution is 6.07. The molecule has 0 saturated carbocycles. The molecule has 0 radical (unpaired) electrons. The van der Waals surface area contributed by atoms with Crippen LogP contribution >= 0.6 is 0 Å². The Hall–Kier alpha value is -6.23. The van der Waals surface area contributed by atoms with E-state index in [4.69, 9.17) is 4.74 Å². The van der Waals surface area contributed by atoms with Gasteiger partial charge in [-0.2, -0.15) is 0 Å². The number of amides is 3. The number of carbonyl (C=O) groups is 3. The Kier molecular flexibility index (Phi) is 10.4. The minimum Gasteiger partial charge on any atom is -0.360 e. The SMILES string of the molecule is COC(c1nccc2ccccc12)N1CCC[C@H]1C(=O)Nc1ccc(/C=C/c2ccc(NC(=O)[C@@H]3CCCN3C(=O)c3nccc4ccccc34)cc2)cc1. The summed E-state index contributed by atoms with van der Waals surface area (Å²) in [5.41, 5.74) is 4.51. The number of rotatable bonds is 10. The third-order valence-corrected chi connectivity index (χ3v) is 10.6. The first-order chi connectivity index (χ1) is 27.0. The topological polar surface area (TPSA) is 117 Å². The smallest absolute Gasteiger partial charge is 0.273 e. The number of nitrogens with one attached hydrogen (secondary N) is 2. The Bertz CT molecular complexity index is 2370. The van der Waals surface area contributed by atoms with Crippen molar-refractivity contribution in [2.75, 3.05) is 30.8 Å². The molecule has 0 bridgehead atoms. The number of carbonyl (C=O) groups excluding carboxylic acids is 3. The molecule has 2 N–H and O–H groups in total. The highest BCUT2D eigenvalue weighted by Gasteiger charge is 2.38. The van der Waals surface area contributed by atoms with Crippen molar-refractivity contribution >= 4 is 62.8 Å². The number of pyridine rings is 2. The van der Waals surface area contributed by atoms with Crippen LogP contribution in [-0.4, -0.2) is 69.8 Å². The molecule has 3 amide bonds. The molecule has 0 spiro atoms. The van der Waals surface area contributed by atoms with Gasteiger partial charge in [0.25, 0.3) is 5.91 Å². The highest BCUT2D eigenvalue weighted by Crippen LogP contribution is 2.33. The fourth-order valence-corrected chi connectivity index (χ4v) is 7.80. The number of benzene rings is 4. The maximum atomic E-state index is 13.6. The second-order valence-corrected chi connectivity index (χ2v) is 14.0. The van der Waals surface area contributed by atoms with Gasteiger partial charge in [-0.1, -0.05) is 84.9 Å². The van der Waals surface area contributed by atoms with E-state index < -0.39 is 12.3 Å². The molecule has 2 aliphatic rings. The largest absolute Gasteiger partial charge is 0.360 e. The van der Waals surface area contributed by atoms with E-state index in [0.29, 0.717) is 24.3 Å². The minimum absolute atomic E-state index is 0.0654. The first-order valence-corrected chi connectivity index (χ1v) is 18.7. The first kappa shape index (κ1) is 35.8. The lowest BCUT2D eigenvalue weighted by Gasteiger charge is -2.31. The zero-order valence-electron chi connectivity index (χ0n) is 30.6. The molecule has 4 aromatic carbocycles. The Morgan fingerprint density at radius 3 is 1.87 bits per heavy atom. The molecule has 10 heteroatoms. The van der Waals surface area contributed by atoms with Crippen LogP contribution in [0.4, 0.5) is 11.4 Å². The van der Waals surface area contributed by atoms with Gasteiger partial charge in [0.1, 0.15) is 11.7 Å². The molecule has 2 aromatic heterocycles. The summed E-state index contributed by atoms with van der Waals surface area (Å²) in [5.74, 6) is -0.497. The summed E-state index contributed by atoms with van der Waals surface area (Å²) in [6, 6.07) is 34.1. The molecule has 0 aliphatic carbocycles. The maximum Gasteiger partial charge on any atom is 0.273 e. The van der Waals surface area contributed by atoms with Gasteiger partial charge in [-0.25, -0.2) is 0 Å². The van der Waals surface area contributed by atoms with Gasteiger partial charge in [0, 0.05) is 54.7 Å². The molecule has 2 fully saturated rings. The first-order valence-electron chi connectivity index (χ1n) is 18.7. The van der Waals surface area contributed by atoms with E-state index in [1.165, 1.54) is 0 Å². The van der Waals surface area contributed by atoms with E-state index in [2.05, 4.69) is 31.6 Å². The predicted molar refractivity (Wildman–Crippen MR) is 216 cm³/mol. The van der Waals surface area contributed by atoms with Crippen LogP contribution in [0.3, 0.4) is 0 Å². The molecule has 10 nitrogen and oxygen atoms in total. The second-order valence-electron chi connectivity index (χ2n) is 14.0. The summed E-state index contributed by atoms with van der Waals surface area (Å²) in [6.45, 7) is 1.25. The van der Waals surface area contributed by atoms with E-state index >= 15 is 0 Å². The minimum atomic E-state index is -0.563. The van der Waals surface area contributed by atoms with Crippen molar-refractivity contribution in [1.29, 1.82) is 0 Å². The van der Waals surface area contributed by atoms with Crippen molar-refractivity contribution in [2.45, 2.75) is 44.0 Å². The number of aromatic nitrogens is 2. The number of fused-ring (bicyclic) bond motifs is 2. The van der Waals surface area contributed by atoms with E-state index in [-0.39, 0.29) is 23.8 Å². The van der Waals surface area contributed by atoms with Crippen molar-refractivity contribution in [3.05, 3.63) is 144 Å². The van der Waals surface area contributed by atoms with Crippen LogP contribution < -0.4 is 10.6 Å². The fourth-order valence-electron chi connectivity index (χ4n) is 7.80. The Morgan fingerprint density at radius 1 is 0.673 bits per heavy atom. The van der Waals surface area contributed by atoms with Gasteiger partial charge in [-0.3, -0.25) is 29.3 Å². The number of anilines is 2. The average Bonchev–Trinajstić information content (AvgIpc) is 3.93. The summed E-state index contributed by atoms with van der Waals surface area (Å²) in [7, 11) is 1.67. The molecule has 2 saturated heterocycles. The lowest BCUT2D eigenvalue weighted by atomic mass is 10.1. The van der Waals surface area contributed by atoms with E-state index in [0.717, 1.165) is 69.9 Å². The van der Waals surface area contributed by atoms with Gasteiger partial charge in [0.2, 0.25) is 11.8 Å². The van der Waals surface area contributed by atoms with Crippen molar-refractivity contribution in [3.8, 4) is 0 Å². The number of hydrogen-bond acceptors (Lipinski definition) is 7. The third kappa shape index (κ3) is 7.60. The third-order valence-electron chi connectivity index (χ3n) is 10.6. The summed E-state index contributed by atoms with van der Waals surface area (Å²) >= 11 is 0. The van der Waals surface area contributed by atoms with E-state index in [1.807, 2.05) is 115 Å². The number of likely N-dealkylation sites (tertiary alicyclic amines) is 2. The molecule has 6 aromatic rings. The van der Waals surface area contributed by atoms with Crippen LogP contribution in [0.5, 0.6) is 0 Å². The van der Waals surface area contributed by atoms with Crippen molar-refractivity contribution in [3.63, 3.8) is 0 Å². The zero-order valence-corrected chi connectivity index (χ0v) is 30.6. The molecule has 8 rings (SSSR count). The van der Waals surface area contributed by atoms with Crippen LogP contribution in [0.1, 0.15) is 59.2 Å². The van der Waals surface area contributed by atoms with Crippen LogP contribution in [-0.2, 0) is 14.3 Å². The van der Waals surface area contributed by atoms with Gasteiger partial charge in [0.15, 0.2) is 6.23 Å². The zero-order chi connectivity index (χ0) is 37.7. The van der Waals surface area contributed by atoms with Gasteiger partial charge < -0.3 is 20.3 Å². The average molecular weight is 731 g/mol. The Labute approximate surface area is 319 Å². The molecule has 4 heterocycles. The maximum absolute atomic E-state index is 13.6.